The zero-order chi connectivity index (χ0) is 15.5. The van der Waals surface area contributed by atoms with Crippen LogP contribution >= 0.6 is 0 Å². The number of imidazole rings is 1. The summed E-state index contributed by atoms with van der Waals surface area (Å²) in [6, 6.07) is 0. The highest BCUT2D eigenvalue weighted by atomic mass is 15.2. The second-order valence-electron chi connectivity index (χ2n) is 6.31. The lowest BCUT2D eigenvalue weighted by molar-refractivity contribution is 0.423. The van der Waals surface area contributed by atoms with E-state index in [1.165, 1.54) is 0 Å². The predicted octanol–water partition coefficient (Wildman–Crippen LogP) is 1.73. The average molecular weight is 288 g/mol. The Hall–Kier alpha value is -1.95. The van der Waals surface area contributed by atoms with Crippen molar-refractivity contribution in [3.05, 3.63) is 36.2 Å². The van der Waals surface area contributed by atoms with Crippen molar-refractivity contribution in [3.8, 4) is 0 Å². The molecule has 2 heterocycles. The smallest absolute Gasteiger partial charge is 0.225 e. The number of aromatic nitrogens is 4. The van der Waals surface area contributed by atoms with E-state index in [4.69, 9.17) is 0 Å². The van der Waals surface area contributed by atoms with Gasteiger partial charge in [0.15, 0.2) is 0 Å². The van der Waals surface area contributed by atoms with E-state index in [1.807, 2.05) is 42.2 Å². The number of hydrogen-bond donors (Lipinski definition) is 1. The van der Waals surface area contributed by atoms with Gasteiger partial charge >= 0.3 is 0 Å². The standard InChI is InChI=1S/C15H24N6/c1-15(2,3)19-10-12-8-17-14(18-9-12)21(5)11-13-16-6-7-20(13)4/h6-9,19H,10-11H2,1-5H3. The van der Waals surface area contributed by atoms with Crippen LogP contribution in [0.15, 0.2) is 24.8 Å². The molecule has 2 rings (SSSR count). The highest BCUT2D eigenvalue weighted by Gasteiger charge is 2.10. The predicted molar refractivity (Wildman–Crippen MR) is 83.9 cm³/mol. The number of aryl methyl sites for hydroxylation is 1. The molecule has 0 aliphatic rings. The molecule has 6 nitrogen and oxygen atoms in total. The number of anilines is 1. The molecular weight excluding hydrogens is 264 g/mol. The minimum atomic E-state index is 0.0909. The Bertz CT molecular complexity index is 567. The molecule has 1 N–H and O–H groups in total. The van der Waals surface area contributed by atoms with Crippen molar-refractivity contribution in [2.45, 2.75) is 39.4 Å². The van der Waals surface area contributed by atoms with E-state index in [9.17, 15) is 0 Å². The maximum atomic E-state index is 4.43. The lowest BCUT2D eigenvalue weighted by atomic mass is 10.1. The molecule has 0 aliphatic carbocycles. The van der Waals surface area contributed by atoms with Crippen LogP contribution in [0.5, 0.6) is 0 Å². The van der Waals surface area contributed by atoms with Gasteiger partial charge in [-0.2, -0.15) is 0 Å². The molecule has 0 unspecified atom stereocenters. The maximum Gasteiger partial charge on any atom is 0.225 e. The Morgan fingerprint density at radius 2 is 1.86 bits per heavy atom. The Kier molecular flexibility index (Phi) is 4.57. The summed E-state index contributed by atoms with van der Waals surface area (Å²) in [7, 11) is 3.95. The molecule has 21 heavy (non-hydrogen) atoms. The summed E-state index contributed by atoms with van der Waals surface area (Å²) in [4.78, 5) is 15.2. The largest absolute Gasteiger partial charge is 0.337 e. The van der Waals surface area contributed by atoms with Crippen LogP contribution in [-0.4, -0.2) is 32.1 Å². The van der Waals surface area contributed by atoms with Crippen LogP contribution in [0, 0.1) is 0 Å². The van der Waals surface area contributed by atoms with Gasteiger partial charge in [0.05, 0.1) is 6.54 Å². The van der Waals surface area contributed by atoms with E-state index in [0.717, 1.165) is 17.9 Å². The monoisotopic (exact) mass is 288 g/mol. The second kappa shape index (κ2) is 6.22. The van der Waals surface area contributed by atoms with Crippen LogP contribution in [0.4, 0.5) is 5.95 Å². The van der Waals surface area contributed by atoms with Gasteiger partial charge in [0.2, 0.25) is 5.95 Å². The van der Waals surface area contributed by atoms with Gasteiger partial charge in [-0.25, -0.2) is 15.0 Å². The normalized spacial score (nSPS) is 11.7. The Labute approximate surface area is 126 Å². The number of nitrogens with zero attached hydrogens (tertiary/aromatic N) is 5. The number of nitrogens with one attached hydrogen (secondary N) is 1. The van der Waals surface area contributed by atoms with Gasteiger partial charge in [-0.05, 0) is 20.8 Å². The summed E-state index contributed by atoms with van der Waals surface area (Å²) >= 11 is 0. The molecule has 6 heteroatoms. The van der Waals surface area contributed by atoms with Gasteiger partial charge in [0.25, 0.3) is 0 Å². The number of hydrogen-bond acceptors (Lipinski definition) is 5. The van der Waals surface area contributed by atoms with Gasteiger partial charge in [0.1, 0.15) is 5.82 Å². The summed E-state index contributed by atoms with van der Waals surface area (Å²) in [6.07, 6.45) is 7.47. The van der Waals surface area contributed by atoms with Crippen molar-refractivity contribution in [1.29, 1.82) is 0 Å². The van der Waals surface area contributed by atoms with Gasteiger partial charge in [-0.3, -0.25) is 0 Å². The third-order valence-corrected chi connectivity index (χ3v) is 3.16. The fourth-order valence-electron chi connectivity index (χ4n) is 1.84. The average Bonchev–Trinajstić information content (AvgIpc) is 2.82. The first-order chi connectivity index (χ1) is 9.85. The van der Waals surface area contributed by atoms with E-state index >= 15 is 0 Å². The lowest BCUT2D eigenvalue weighted by Gasteiger charge is -2.21. The molecule has 0 saturated heterocycles. The van der Waals surface area contributed by atoms with E-state index in [-0.39, 0.29) is 5.54 Å². The summed E-state index contributed by atoms with van der Waals surface area (Å²) in [5.74, 6) is 1.69. The maximum absolute atomic E-state index is 4.43. The minimum absolute atomic E-state index is 0.0909. The summed E-state index contributed by atoms with van der Waals surface area (Å²) in [5, 5.41) is 3.42. The van der Waals surface area contributed by atoms with Gasteiger partial charge in [0, 0.05) is 56.5 Å². The molecule has 0 aromatic carbocycles. The first-order valence-corrected chi connectivity index (χ1v) is 7.08. The molecule has 2 aromatic heterocycles. The fraction of sp³-hybridized carbons (Fsp3) is 0.533. The van der Waals surface area contributed by atoms with Crippen molar-refractivity contribution in [2.24, 2.45) is 7.05 Å². The molecular formula is C15H24N6. The quantitative estimate of drug-likeness (QED) is 0.908. The van der Waals surface area contributed by atoms with Gasteiger partial charge in [-0.1, -0.05) is 0 Å². The zero-order valence-electron chi connectivity index (χ0n) is 13.5. The van der Waals surface area contributed by atoms with Crippen LogP contribution in [0.25, 0.3) is 0 Å². The van der Waals surface area contributed by atoms with Crippen LogP contribution < -0.4 is 10.2 Å². The van der Waals surface area contributed by atoms with Crippen molar-refractivity contribution < 1.29 is 0 Å². The molecule has 0 amide bonds. The Morgan fingerprint density at radius 3 is 2.38 bits per heavy atom. The van der Waals surface area contributed by atoms with Crippen molar-refractivity contribution in [1.82, 2.24) is 24.8 Å². The first-order valence-electron chi connectivity index (χ1n) is 7.08. The van der Waals surface area contributed by atoms with Crippen LogP contribution in [0.3, 0.4) is 0 Å². The van der Waals surface area contributed by atoms with E-state index in [0.29, 0.717) is 12.5 Å². The van der Waals surface area contributed by atoms with E-state index < -0.39 is 0 Å². The molecule has 0 spiro atoms. The molecule has 0 bridgehead atoms. The molecule has 0 fully saturated rings. The Morgan fingerprint density at radius 1 is 1.19 bits per heavy atom. The van der Waals surface area contributed by atoms with Crippen molar-refractivity contribution >= 4 is 5.95 Å². The van der Waals surface area contributed by atoms with Crippen molar-refractivity contribution in [2.75, 3.05) is 11.9 Å². The third kappa shape index (κ3) is 4.53. The lowest BCUT2D eigenvalue weighted by Crippen LogP contribution is -2.35. The fourth-order valence-corrected chi connectivity index (χ4v) is 1.84. The summed E-state index contributed by atoms with van der Waals surface area (Å²) < 4.78 is 2.00. The molecule has 0 atom stereocenters. The molecule has 0 saturated carbocycles. The Balaban J connectivity index is 1.96. The minimum Gasteiger partial charge on any atom is -0.337 e. The van der Waals surface area contributed by atoms with Crippen molar-refractivity contribution in [3.63, 3.8) is 0 Å². The molecule has 0 aliphatic heterocycles. The van der Waals surface area contributed by atoms with Crippen LogP contribution in [0.2, 0.25) is 0 Å². The van der Waals surface area contributed by atoms with Crippen LogP contribution in [-0.2, 0) is 20.1 Å². The third-order valence-electron chi connectivity index (χ3n) is 3.16. The first kappa shape index (κ1) is 15.4. The molecule has 0 radical (unpaired) electrons. The SMILES string of the molecule is CN(Cc1nccn1C)c1ncc(CNC(C)(C)C)cn1. The molecule has 2 aromatic rings. The second-order valence-corrected chi connectivity index (χ2v) is 6.31. The highest BCUT2D eigenvalue weighted by molar-refractivity contribution is 5.28. The van der Waals surface area contributed by atoms with E-state index in [1.54, 1.807) is 6.20 Å². The summed E-state index contributed by atoms with van der Waals surface area (Å²) in [5.41, 5.74) is 1.17. The molecule has 114 valence electrons. The van der Waals surface area contributed by atoms with E-state index in [2.05, 4.69) is 41.0 Å². The topological polar surface area (TPSA) is 58.9 Å². The van der Waals surface area contributed by atoms with Crippen LogP contribution in [0.1, 0.15) is 32.2 Å². The van der Waals surface area contributed by atoms with Gasteiger partial charge in [-0.15, -0.1) is 0 Å². The highest BCUT2D eigenvalue weighted by Crippen LogP contribution is 2.09. The summed E-state index contributed by atoms with van der Waals surface area (Å²) in [6.45, 7) is 7.88. The number of rotatable bonds is 5. The zero-order valence-corrected chi connectivity index (χ0v) is 13.5. The van der Waals surface area contributed by atoms with Gasteiger partial charge < -0.3 is 14.8 Å².